The molecule has 0 fully saturated rings. The van der Waals surface area contributed by atoms with Gasteiger partial charge in [0.25, 0.3) is 0 Å². The summed E-state index contributed by atoms with van der Waals surface area (Å²) in [4.78, 5) is 0. The summed E-state index contributed by atoms with van der Waals surface area (Å²) in [5, 5.41) is 0. The molecule has 0 aliphatic rings. The Morgan fingerprint density at radius 2 is 1.67 bits per heavy atom. The monoisotopic (exact) mass is 362 g/mol. The van der Waals surface area contributed by atoms with E-state index in [0.29, 0.717) is 6.61 Å². The highest BCUT2D eigenvalue weighted by molar-refractivity contribution is 6.81. The Morgan fingerprint density at radius 3 is 2.21 bits per heavy atom. The summed E-state index contributed by atoms with van der Waals surface area (Å²) >= 11 is 0. The van der Waals surface area contributed by atoms with Crippen molar-refractivity contribution < 1.29 is 9.16 Å². The van der Waals surface area contributed by atoms with Crippen LogP contribution in [-0.2, 0) is 4.43 Å². The molecule has 0 aromatic heterocycles. The van der Waals surface area contributed by atoms with E-state index in [1.165, 1.54) is 5.57 Å². The van der Waals surface area contributed by atoms with Gasteiger partial charge in [-0.25, -0.2) is 0 Å². The van der Waals surface area contributed by atoms with Gasteiger partial charge >= 0.3 is 0 Å². The molecule has 0 atom stereocenters. The van der Waals surface area contributed by atoms with Gasteiger partial charge in [0.05, 0.1) is 8.07 Å². The highest BCUT2D eigenvalue weighted by Crippen LogP contribution is 2.20. The average molecular weight is 363 g/mol. The molecule has 0 unspecified atom stereocenters. The van der Waals surface area contributed by atoms with Crippen LogP contribution >= 0.6 is 0 Å². The van der Waals surface area contributed by atoms with Gasteiger partial charge in [0.1, 0.15) is 12.4 Å². The first kappa shape index (κ1) is 20.9. The van der Waals surface area contributed by atoms with Crippen molar-refractivity contribution in [3.8, 4) is 5.75 Å². The van der Waals surface area contributed by atoms with Gasteiger partial charge in [0, 0.05) is 6.61 Å². The molecule has 0 amide bonds. The van der Waals surface area contributed by atoms with E-state index in [1.54, 1.807) is 0 Å². The Hall–Kier alpha value is -1.11. The van der Waals surface area contributed by atoms with Gasteiger partial charge in [-0.1, -0.05) is 55.7 Å². The van der Waals surface area contributed by atoms with Crippen LogP contribution in [0.15, 0.2) is 53.8 Å². The van der Waals surface area contributed by atoms with Crippen LogP contribution in [0.3, 0.4) is 0 Å². The molecule has 0 aliphatic heterocycles. The fourth-order valence-electron chi connectivity index (χ4n) is 2.39. The second-order valence-electron chi connectivity index (χ2n) is 8.41. The van der Waals surface area contributed by atoms with Gasteiger partial charge in [0.2, 0.25) is 0 Å². The molecule has 1 aromatic carbocycles. The smallest absolute Gasteiger partial charge is 0.183 e. The van der Waals surface area contributed by atoms with Gasteiger partial charge in [-0.15, -0.1) is 0 Å². The van der Waals surface area contributed by atoms with Gasteiger partial charge in [0.15, 0.2) is 8.32 Å². The summed E-state index contributed by atoms with van der Waals surface area (Å²) in [6.45, 7) is 19.4. The summed E-state index contributed by atoms with van der Waals surface area (Å²) in [5.74, 6) is 0.899. The lowest BCUT2D eigenvalue weighted by atomic mass is 10.1. The lowest BCUT2D eigenvalue weighted by molar-refractivity contribution is 0.313. The maximum atomic E-state index is 6.04. The van der Waals surface area contributed by atoms with Crippen molar-refractivity contribution in [1.29, 1.82) is 0 Å². The van der Waals surface area contributed by atoms with E-state index in [1.807, 2.05) is 30.3 Å². The highest BCUT2D eigenvalue weighted by atomic mass is 28.4. The molecule has 0 N–H and O–H groups in total. The molecule has 0 radical (unpaired) electrons. The predicted octanol–water partition coefficient (Wildman–Crippen LogP) is 6.06. The topological polar surface area (TPSA) is 18.5 Å². The fourth-order valence-corrected chi connectivity index (χ4v) is 4.57. The van der Waals surface area contributed by atoms with Crippen LogP contribution in [0.25, 0.3) is 0 Å². The zero-order chi connectivity index (χ0) is 18.2. The number of rotatable bonds is 10. The van der Waals surface area contributed by atoms with E-state index in [-0.39, 0.29) is 0 Å². The Balaban J connectivity index is 2.57. The standard InChI is InChI=1S/C20H34O2Si2/c1-18(16-21-20-11-9-8-10-12-20)15-19(17-23(2,3)4)13-14-22-24(5,6)7/h8-12,17H,1,13-16H2,2-7H3. The number of hydrogen-bond donors (Lipinski definition) is 0. The highest BCUT2D eigenvalue weighted by Gasteiger charge is 2.16. The molecule has 1 aromatic rings. The largest absolute Gasteiger partial charge is 0.489 e. The second kappa shape index (κ2) is 9.40. The predicted molar refractivity (Wildman–Crippen MR) is 111 cm³/mol. The number of para-hydroxylation sites is 1. The summed E-state index contributed by atoms with van der Waals surface area (Å²) in [6, 6.07) is 9.93. The van der Waals surface area contributed by atoms with E-state index in [2.05, 4.69) is 51.6 Å². The van der Waals surface area contributed by atoms with Crippen LogP contribution in [0.5, 0.6) is 5.75 Å². The Labute approximate surface area is 150 Å². The van der Waals surface area contributed by atoms with Crippen LogP contribution in [0.2, 0.25) is 39.3 Å². The molecular formula is C20H34O2Si2. The minimum Gasteiger partial charge on any atom is -0.489 e. The molecule has 0 saturated heterocycles. The summed E-state index contributed by atoms with van der Waals surface area (Å²) in [7, 11) is -2.70. The third-order valence-corrected chi connectivity index (χ3v) is 5.60. The molecule has 0 spiro atoms. The SMILES string of the molecule is C=C(COc1ccccc1)CC(=C[Si](C)(C)C)CCO[Si](C)(C)C. The molecule has 0 aliphatic carbocycles. The van der Waals surface area contributed by atoms with Gasteiger partial charge in [-0.3, -0.25) is 0 Å². The number of hydrogen-bond acceptors (Lipinski definition) is 2. The van der Waals surface area contributed by atoms with Crippen molar-refractivity contribution in [1.82, 2.24) is 0 Å². The Kier molecular flexibility index (Phi) is 8.20. The number of benzene rings is 1. The maximum absolute atomic E-state index is 6.04. The first-order chi connectivity index (χ1) is 11.1. The molecule has 0 heterocycles. The molecular weight excluding hydrogens is 328 g/mol. The quantitative estimate of drug-likeness (QED) is 0.372. The van der Waals surface area contributed by atoms with Crippen molar-refractivity contribution in [2.75, 3.05) is 13.2 Å². The third kappa shape index (κ3) is 10.6. The zero-order valence-corrected chi connectivity index (χ0v) is 18.3. The van der Waals surface area contributed by atoms with Crippen LogP contribution < -0.4 is 4.74 Å². The van der Waals surface area contributed by atoms with Crippen LogP contribution in [0.1, 0.15) is 12.8 Å². The first-order valence-electron chi connectivity index (χ1n) is 8.74. The number of ether oxygens (including phenoxy) is 1. The average Bonchev–Trinajstić information content (AvgIpc) is 2.43. The minimum absolute atomic E-state index is 0.571. The normalized spacial score (nSPS) is 13.0. The molecule has 134 valence electrons. The fraction of sp³-hybridized carbons (Fsp3) is 0.500. The molecule has 4 heteroatoms. The second-order valence-corrected chi connectivity index (χ2v) is 17.9. The lowest BCUT2D eigenvalue weighted by Crippen LogP contribution is -2.26. The van der Waals surface area contributed by atoms with Gasteiger partial charge < -0.3 is 9.16 Å². The minimum atomic E-state index is -1.44. The molecule has 1 rings (SSSR count). The van der Waals surface area contributed by atoms with Crippen molar-refractivity contribution in [2.24, 2.45) is 0 Å². The van der Waals surface area contributed by atoms with Crippen LogP contribution in [0.4, 0.5) is 0 Å². The third-order valence-electron chi connectivity index (χ3n) is 3.26. The van der Waals surface area contributed by atoms with Crippen molar-refractivity contribution in [3.05, 3.63) is 53.8 Å². The summed E-state index contributed by atoms with van der Waals surface area (Å²) in [5.41, 5.74) is 5.07. The van der Waals surface area contributed by atoms with Gasteiger partial charge in [-0.2, -0.15) is 0 Å². The van der Waals surface area contributed by atoms with Crippen molar-refractivity contribution >= 4 is 16.4 Å². The van der Waals surface area contributed by atoms with Crippen molar-refractivity contribution in [3.63, 3.8) is 0 Å². The van der Waals surface area contributed by atoms with Crippen molar-refractivity contribution in [2.45, 2.75) is 52.1 Å². The van der Waals surface area contributed by atoms with Gasteiger partial charge in [-0.05, 0) is 50.2 Å². The molecule has 2 nitrogen and oxygen atoms in total. The van der Waals surface area contributed by atoms with Crippen LogP contribution in [0, 0.1) is 0 Å². The van der Waals surface area contributed by atoms with E-state index in [4.69, 9.17) is 9.16 Å². The molecule has 0 bridgehead atoms. The Morgan fingerprint density at radius 1 is 1.04 bits per heavy atom. The Bertz CT molecular complexity index is 537. The molecule has 0 saturated carbocycles. The lowest BCUT2D eigenvalue weighted by Gasteiger charge is -2.20. The van der Waals surface area contributed by atoms with E-state index in [9.17, 15) is 0 Å². The van der Waals surface area contributed by atoms with E-state index < -0.39 is 16.4 Å². The maximum Gasteiger partial charge on any atom is 0.183 e. The van der Waals surface area contributed by atoms with E-state index >= 15 is 0 Å². The summed E-state index contributed by atoms with van der Waals surface area (Å²) < 4.78 is 11.9. The zero-order valence-electron chi connectivity index (χ0n) is 16.3. The van der Waals surface area contributed by atoms with E-state index in [0.717, 1.165) is 30.8 Å². The molecule has 24 heavy (non-hydrogen) atoms. The first-order valence-corrected chi connectivity index (χ1v) is 15.7. The van der Waals surface area contributed by atoms with Crippen LogP contribution in [-0.4, -0.2) is 29.6 Å². The summed E-state index contributed by atoms with van der Waals surface area (Å²) in [6.07, 6.45) is 1.91.